The van der Waals surface area contributed by atoms with Gasteiger partial charge in [0.15, 0.2) is 28.7 Å². The van der Waals surface area contributed by atoms with E-state index in [1.165, 1.54) is 0 Å². The number of aromatic hydroxyl groups is 4. The number of pyridine rings is 2. The maximum absolute atomic E-state index is 9.46. The van der Waals surface area contributed by atoms with Gasteiger partial charge >= 0.3 is 0 Å². The Bertz CT molecular complexity index is 555. The van der Waals surface area contributed by atoms with Crippen LogP contribution in [-0.4, -0.2) is 30.4 Å². The van der Waals surface area contributed by atoms with Crippen molar-refractivity contribution in [3.05, 3.63) is 6.20 Å². The van der Waals surface area contributed by atoms with Crippen LogP contribution in [0.2, 0.25) is 0 Å². The second kappa shape index (κ2) is 2.77. The maximum atomic E-state index is 9.46. The van der Waals surface area contributed by atoms with Crippen LogP contribution in [0.15, 0.2) is 6.20 Å². The molecule has 0 aliphatic carbocycles. The zero-order chi connectivity index (χ0) is 11.2. The van der Waals surface area contributed by atoms with Gasteiger partial charge in [0.2, 0.25) is 5.75 Å². The highest BCUT2D eigenvalue weighted by molar-refractivity contribution is 5.93. The Morgan fingerprint density at radius 1 is 1.00 bits per heavy atom. The van der Waals surface area contributed by atoms with Gasteiger partial charge in [0, 0.05) is 0 Å². The summed E-state index contributed by atoms with van der Waals surface area (Å²) in [5.41, 5.74) is 5.20. The van der Waals surface area contributed by atoms with Gasteiger partial charge in [-0.3, -0.25) is 0 Å². The van der Waals surface area contributed by atoms with E-state index in [9.17, 15) is 15.3 Å². The number of nitrogen functional groups attached to an aromatic ring is 1. The van der Waals surface area contributed by atoms with Crippen LogP contribution in [0.5, 0.6) is 23.0 Å². The van der Waals surface area contributed by atoms with Crippen LogP contribution in [0.3, 0.4) is 0 Å². The molecule has 0 bridgehead atoms. The molecule has 0 saturated heterocycles. The fourth-order valence-corrected chi connectivity index (χ4v) is 1.19. The summed E-state index contributed by atoms with van der Waals surface area (Å²) in [5.74, 6) is -2.77. The third-order valence-electron chi connectivity index (χ3n) is 1.94. The lowest BCUT2D eigenvalue weighted by Gasteiger charge is -2.06. The van der Waals surface area contributed by atoms with Crippen LogP contribution in [0.4, 0.5) is 5.82 Å². The van der Waals surface area contributed by atoms with Gasteiger partial charge in [-0.25, -0.2) is 9.97 Å². The summed E-state index contributed by atoms with van der Waals surface area (Å²) in [4.78, 5) is 7.26. The summed E-state index contributed by atoms with van der Waals surface area (Å²) in [5, 5.41) is 37.0. The number of nitrogens with two attached hydrogens (primary N) is 1. The maximum Gasteiger partial charge on any atom is 0.201 e. The molecule has 0 amide bonds. The number of hydrogen-bond acceptors (Lipinski definition) is 7. The van der Waals surface area contributed by atoms with Gasteiger partial charge in [-0.05, 0) is 0 Å². The standard InChI is InChI=1S/C8H7N3O4/c9-7-6(15)5(14)3-4(13)2(12)1-10-8(3)11-7/h1,12,15H,(H4,9,10,11,13,14). The molecule has 0 unspecified atom stereocenters. The van der Waals surface area contributed by atoms with Crippen LogP contribution < -0.4 is 5.73 Å². The molecule has 0 saturated carbocycles. The Labute approximate surface area is 83.1 Å². The third-order valence-corrected chi connectivity index (χ3v) is 1.94. The fraction of sp³-hybridized carbons (Fsp3) is 0. The summed E-state index contributed by atoms with van der Waals surface area (Å²) < 4.78 is 0. The van der Waals surface area contributed by atoms with Crippen molar-refractivity contribution in [1.82, 2.24) is 9.97 Å². The predicted octanol–water partition coefficient (Wildman–Crippen LogP) is 0.0344. The Morgan fingerprint density at radius 3 is 2.33 bits per heavy atom. The molecular weight excluding hydrogens is 202 g/mol. The Balaban J connectivity index is 3.00. The van der Waals surface area contributed by atoms with Gasteiger partial charge in [0.25, 0.3) is 0 Å². The highest BCUT2D eigenvalue weighted by Gasteiger charge is 2.17. The molecule has 0 fully saturated rings. The number of aromatic nitrogens is 2. The minimum absolute atomic E-state index is 0.0712. The van der Waals surface area contributed by atoms with E-state index in [0.717, 1.165) is 6.20 Å². The van der Waals surface area contributed by atoms with Gasteiger partial charge in [-0.15, -0.1) is 0 Å². The average Bonchev–Trinajstić information content (AvgIpc) is 2.20. The first-order valence-corrected chi connectivity index (χ1v) is 3.90. The van der Waals surface area contributed by atoms with Crippen LogP contribution in [0, 0.1) is 0 Å². The lowest BCUT2D eigenvalue weighted by molar-refractivity contribution is 0.394. The first kappa shape index (κ1) is 9.13. The van der Waals surface area contributed by atoms with E-state index in [-0.39, 0.29) is 16.9 Å². The SMILES string of the molecule is Nc1nc2ncc(O)c(O)c2c(O)c1O. The Morgan fingerprint density at radius 2 is 1.67 bits per heavy atom. The topological polar surface area (TPSA) is 133 Å². The molecule has 0 aliphatic heterocycles. The normalized spacial score (nSPS) is 10.7. The lowest BCUT2D eigenvalue weighted by Crippen LogP contribution is -1.94. The van der Waals surface area contributed by atoms with Gasteiger partial charge < -0.3 is 26.2 Å². The van der Waals surface area contributed by atoms with Crippen molar-refractivity contribution in [2.45, 2.75) is 0 Å². The smallest absolute Gasteiger partial charge is 0.201 e. The van der Waals surface area contributed by atoms with Crippen LogP contribution in [0.25, 0.3) is 11.0 Å². The Hall–Kier alpha value is -2.44. The molecule has 0 aliphatic rings. The van der Waals surface area contributed by atoms with Crippen molar-refractivity contribution < 1.29 is 20.4 Å². The first-order valence-electron chi connectivity index (χ1n) is 3.90. The number of nitrogens with zero attached hydrogens (tertiary/aromatic N) is 2. The van der Waals surface area contributed by atoms with Crippen LogP contribution >= 0.6 is 0 Å². The monoisotopic (exact) mass is 209 g/mol. The summed E-state index contributed by atoms with van der Waals surface area (Å²) in [7, 11) is 0. The van der Waals surface area contributed by atoms with Crippen molar-refractivity contribution in [2.75, 3.05) is 5.73 Å². The molecule has 7 heteroatoms. The number of rotatable bonds is 0. The summed E-state index contributed by atoms with van der Waals surface area (Å²) in [6.45, 7) is 0. The van der Waals surface area contributed by atoms with E-state index >= 15 is 0 Å². The van der Waals surface area contributed by atoms with Gasteiger partial charge in [0.1, 0.15) is 5.39 Å². The molecule has 2 heterocycles. The molecule has 15 heavy (non-hydrogen) atoms. The minimum Gasteiger partial charge on any atom is -0.504 e. The second-order valence-corrected chi connectivity index (χ2v) is 2.88. The molecule has 0 radical (unpaired) electrons. The zero-order valence-corrected chi connectivity index (χ0v) is 7.34. The average molecular weight is 209 g/mol. The van der Waals surface area contributed by atoms with E-state index in [4.69, 9.17) is 10.8 Å². The molecule has 7 nitrogen and oxygen atoms in total. The molecular formula is C8H7N3O4. The van der Waals surface area contributed by atoms with E-state index < -0.39 is 23.0 Å². The highest BCUT2D eigenvalue weighted by Crippen LogP contribution is 2.43. The van der Waals surface area contributed by atoms with Gasteiger partial charge in [-0.1, -0.05) is 0 Å². The minimum atomic E-state index is -0.668. The number of fused-ring (bicyclic) bond motifs is 1. The molecule has 2 aromatic heterocycles. The van der Waals surface area contributed by atoms with E-state index in [1.807, 2.05) is 0 Å². The van der Waals surface area contributed by atoms with Crippen LogP contribution in [0.1, 0.15) is 0 Å². The molecule has 78 valence electrons. The van der Waals surface area contributed by atoms with Crippen molar-refractivity contribution in [2.24, 2.45) is 0 Å². The van der Waals surface area contributed by atoms with Gasteiger partial charge in [0.05, 0.1) is 6.20 Å². The quantitative estimate of drug-likeness (QED) is 0.413. The molecule has 2 rings (SSSR count). The summed E-state index contributed by atoms with van der Waals surface area (Å²) in [6.07, 6.45) is 0.959. The van der Waals surface area contributed by atoms with Crippen LogP contribution in [-0.2, 0) is 0 Å². The summed E-state index contributed by atoms with van der Waals surface area (Å²) >= 11 is 0. The number of hydrogen-bond donors (Lipinski definition) is 5. The highest BCUT2D eigenvalue weighted by atomic mass is 16.3. The van der Waals surface area contributed by atoms with E-state index in [2.05, 4.69) is 9.97 Å². The van der Waals surface area contributed by atoms with Crippen molar-refractivity contribution >= 4 is 16.9 Å². The fourth-order valence-electron chi connectivity index (χ4n) is 1.19. The van der Waals surface area contributed by atoms with E-state index in [1.54, 1.807) is 0 Å². The molecule has 2 aromatic rings. The first-order chi connectivity index (χ1) is 7.02. The predicted molar refractivity (Wildman–Crippen MR) is 50.6 cm³/mol. The molecule has 0 spiro atoms. The third kappa shape index (κ3) is 1.13. The van der Waals surface area contributed by atoms with Crippen molar-refractivity contribution in [3.63, 3.8) is 0 Å². The van der Waals surface area contributed by atoms with Crippen molar-refractivity contribution in [3.8, 4) is 23.0 Å². The van der Waals surface area contributed by atoms with Gasteiger partial charge in [-0.2, -0.15) is 0 Å². The zero-order valence-electron chi connectivity index (χ0n) is 7.34. The number of anilines is 1. The Kier molecular flexibility index (Phi) is 1.69. The second-order valence-electron chi connectivity index (χ2n) is 2.88. The summed E-state index contributed by atoms with van der Waals surface area (Å²) in [6, 6.07) is 0. The van der Waals surface area contributed by atoms with Crippen molar-refractivity contribution in [1.29, 1.82) is 0 Å². The molecule has 0 aromatic carbocycles. The largest absolute Gasteiger partial charge is 0.504 e. The molecule has 6 N–H and O–H groups in total. The molecule has 0 atom stereocenters. The van der Waals surface area contributed by atoms with E-state index in [0.29, 0.717) is 0 Å². The lowest BCUT2D eigenvalue weighted by atomic mass is 10.2.